The van der Waals surface area contributed by atoms with Gasteiger partial charge in [0.05, 0.1) is 0 Å². The molecule has 13 heavy (non-hydrogen) atoms. The molecule has 0 aromatic heterocycles. The summed E-state index contributed by atoms with van der Waals surface area (Å²) in [5, 5.41) is 3.18. The summed E-state index contributed by atoms with van der Waals surface area (Å²) in [7, 11) is 0. The molecule has 0 amide bonds. The Hall–Kier alpha value is -1.18. The third kappa shape index (κ3) is 2.38. The van der Waals surface area contributed by atoms with Crippen molar-refractivity contribution >= 4 is 0 Å². The average molecular weight is 177 g/mol. The number of benzene rings is 1. The Morgan fingerprint density at radius 3 is 2.38 bits per heavy atom. The molecule has 0 unspecified atom stereocenters. The van der Waals surface area contributed by atoms with Crippen molar-refractivity contribution in [2.45, 2.75) is 26.3 Å². The van der Waals surface area contributed by atoms with Crippen molar-refractivity contribution in [3.8, 4) is 0 Å². The van der Waals surface area contributed by atoms with Gasteiger partial charge in [-0.3, -0.25) is 0 Å². The van der Waals surface area contributed by atoms with Gasteiger partial charge in [-0.1, -0.05) is 55.8 Å². The minimum atomic E-state index is -0.189. The van der Waals surface area contributed by atoms with E-state index in [1.807, 2.05) is 30.3 Å². The van der Waals surface area contributed by atoms with Gasteiger partial charge in [0.25, 0.3) is 0 Å². The Kier molecular flexibility index (Phi) is 3.62. The molecule has 0 saturated carbocycles. The van der Waals surface area contributed by atoms with Crippen molar-refractivity contribution in [3.63, 3.8) is 0 Å². The van der Waals surface area contributed by atoms with E-state index < -0.39 is 0 Å². The fraction of sp³-hybridized carbons (Fsp3) is 0.455. The van der Waals surface area contributed by atoms with Gasteiger partial charge in [0.2, 0.25) is 0 Å². The van der Waals surface area contributed by atoms with Gasteiger partial charge >= 0.3 is 0 Å². The lowest BCUT2D eigenvalue weighted by atomic mass is 9.93. The van der Waals surface area contributed by atoms with Gasteiger partial charge in [0, 0.05) is 0 Å². The van der Waals surface area contributed by atoms with Crippen molar-refractivity contribution in [1.82, 2.24) is 0 Å². The molecule has 0 fully saturated rings. The van der Waals surface area contributed by atoms with Crippen LogP contribution in [0.3, 0.4) is 0 Å². The second kappa shape index (κ2) is 4.75. The van der Waals surface area contributed by atoms with E-state index in [4.69, 9.17) is 0 Å². The number of nitroso groups, excluding NO2 is 1. The maximum atomic E-state index is 10.7. The van der Waals surface area contributed by atoms with Gasteiger partial charge in [0.15, 0.2) is 0 Å². The highest BCUT2D eigenvalue weighted by atomic mass is 16.3. The number of rotatable bonds is 4. The first-order valence-electron chi connectivity index (χ1n) is 4.67. The summed E-state index contributed by atoms with van der Waals surface area (Å²) in [4.78, 5) is 10.7. The number of hydrogen-bond donors (Lipinski definition) is 0. The zero-order chi connectivity index (χ0) is 9.68. The molecule has 2 heteroatoms. The Labute approximate surface area is 79.0 Å². The van der Waals surface area contributed by atoms with Gasteiger partial charge in [-0.25, -0.2) is 0 Å². The molecule has 2 atom stereocenters. The van der Waals surface area contributed by atoms with E-state index in [0.717, 1.165) is 12.0 Å². The van der Waals surface area contributed by atoms with Crippen LogP contribution < -0.4 is 0 Å². The average Bonchev–Trinajstić information content (AvgIpc) is 2.20. The predicted octanol–water partition coefficient (Wildman–Crippen LogP) is 3.54. The first-order chi connectivity index (χ1) is 6.29. The quantitative estimate of drug-likeness (QED) is 0.647. The topological polar surface area (TPSA) is 29.4 Å². The fourth-order valence-electron chi connectivity index (χ4n) is 1.37. The molecule has 0 N–H and O–H groups in total. The monoisotopic (exact) mass is 177 g/mol. The minimum absolute atomic E-state index is 0.189. The molecule has 0 saturated heterocycles. The Bertz CT molecular complexity index is 258. The minimum Gasteiger partial charge on any atom is -0.150 e. The summed E-state index contributed by atoms with van der Waals surface area (Å²) in [5.41, 5.74) is 1.02. The first-order valence-corrected chi connectivity index (χ1v) is 4.67. The summed E-state index contributed by atoms with van der Waals surface area (Å²) in [6, 6.07) is 9.55. The summed E-state index contributed by atoms with van der Waals surface area (Å²) in [6.45, 7) is 4.13. The van der Waals surface area contributed by atoms with Gasteiger partial charge < -0.3 is 0 Å². The fourth-order valence-corrected chi connectivity index (χ4v) is 1.37. The van der Waals surface area contributed by atoms with Crippen molar-refractivity contribution in [3.05, 3.63) is 40.8 Å². The van der Waals surface area contributed by atoms with E-state index in [1.165, 1.54) is 0 Å². The zero-order valence-electron chi connectivity index (χ0n) is 8.10. The van der Waals surface area contributed by atoms with Gasteiger partial charge in [0.1, 0.15) is 6.04 Å². The molecule has 1 aromatic rings. The van der Waals surface area contributed by atoms with E-state index in [1.54, 1.807) is 0 Å². The molecule has 1 rings (SSSR count). The molecule has 0 bridgehead atoms. The van der Waals surface area contributed by atoms with Crippen LogP contribution >= 0.6 is 0 Å². The summed E-state index contributed by atoms with van der Waals surface area (Å²) >= 11 is 0. The third-order valence-corrected chi connectivity index (χ3v) is 2.44. The first kappa shape index (κ1) is 9.90. The molecular formula is C11H15NO. The highest BCUT2D eigenvalue weighted by molar-refractivity contribution is 5.19. The number of nitrogens with zero attached hydrogens (tertiary/aromatic N) is 1. The second-order valence-electron chi connectivity index (χ2n) is 3.35. The maximum Gasteiger partial charge on any atom is 0.119 e. The zero-order valence-corrected chi connectivity index (χ0v) is 8.10. The van der Waals surface area contributed by atoms with Crippen molar-refractivity contribution in [2.24, 2.45) is 11.1 Å². The lowest BCUT2D eigenvalue weighted by Crippen LogP contribution is -2.05. The van der Waals surface area contributed by atoms with E-state index in [0.29, 0.717) is 5.92 Å². The summed E-state index contributed by atoms with van der Waals surface area (Å²) < 4.78 is 0. The van der Waals surface area contributed by atoms with Crippen LogP contribution in [0.25, 0.3) is 0 Å². The molecule has 0 spiro atoms. The Morgan fingerprint density at radius 2 is 1.92 bits per heavy atom. The van der Waals surface area contributed by atoms with Crippen LogP contribution in [0, 0.1) is 10.8 Å². The van der Waals surface area contributed by atoms with Gasteiger partial charge in [-0.2, -0.15) is 4.91 Å². The van der Waals surface area contributed by atoms with E-state index in [9.17, 15) is 4.91 Å². The van der Waals surface area contributed by atoms with Crippen LogP contribution in [0.2, 0.25) is 0 Å². The molecule has 0 heterocycles. The Balaban J connectivity index is 2.84. The van der Waals surface area contributed by atoms with Gasteiger partial charge in [-0.15, -0.1) is 0 Å². The molecule has 70 valence electrons. The smallest absolute Gasteiger partial charge is 0.119 e. The maximum absolute atomic E-state index is 10.7. The van der Waals surface area contributed by atoms with Crippen molar-refractivity contribution < 1.29 is 0 Å². The molecule has 0 aliphatic carbocycles. The highest BCUT2D eigenvalue weighted by Gasteiger charge is 2.17. The predicted molar refractivity (Wildman–Crippen MR) is 54.4 cm³/mol. The highest BCUT2D eigenvalue weighted by Crippen LogP contribution is 2.27. The van der Waals surface area contributed by atoms with Crippen molar-refractivity contribution in [1.29, 1.82) is 0 Å². The molecule has 1 aromatic carbocycles. The normalized spacial score (nSPS) is 14.9. The largest absolute Gasteiger partial charge is 0.150 e. The van der Waals surface area contributed by atoms with Crippen molar-refractivity contribution in [2.75, 3.05) is 0 Å². The standard InChI is InChI=1S/C11H15NO/c1-3-9(2)11(12-13)10-7-5-4-6-8-10/h4-9,11H,3H2,1-2H3/t9-,11+/m1/s1. The van der Waals surface area contributed by atoms with Crippen LogP contribution in [-0.2, 0) is 0 Å². The molecular weight excluding hydrogens is 162 g/mol. The molecule has 0 radical (unpaired) electrons. The second-order valence-corrected chi connectivity index (χ2v) is 3.35. The third-order valence-electron chi connectivity index (χ3n) is 2.44. The summed E-state index contributed by atoms with van der Waals surface area (Å²) in [5.74, 6) is 0.319. The Morgan fingerprint density at radius 1 is 1.31 bits per heavy atom. The molecule has 2 nitrogen and oxygen atoms in total. The van der Waals surface area contributed by atoms with Crippen LogP contribution in [0.5, 0.6) is 0 Å². The van der Waals surface area contributed by atoms with E-state index in [2.05, 4.69) is 19.0 Å². The number of hydrogen-bond acceptors (Lipinski definition) is 2. The van der Waals surface area contributed by atoms with Crippen LogP contribution in [0.4, 0.5) is 0 Å². The lowest BCUT2D eigenvalue weighted by Gasteiger charge is -2.15. The SMILES string of the molecule is CC[C@@H](C)[C@H](N=O)c1ccccc1. The van der Waals surface area contributed by atoms with E-state index in [-0.39, 0.29) is 6.04 Å². The van der Waals surface area contributed by atoms with Gasteiger partial charge in [-0.05, 0) is 11.5 Å². The van der Waals surface area contributed by atoms with Crippen LogP contribution in [0.15, 0.2) is 35.5 Å². The lowest BCUT2D eigenvalue weighted by molar-refractivity contribution is 0.456. The van der Waals surface area contributed by atoms with Crippen LogP contribution in [-0.4, -0.2) is 0 Å². The summed E-state index contributed by atoms with van der Waals surface area (Å²) in [6.07, 6.45) is 0.977. The molecule has 0 aliphatic heterocycles. The van der Waals surface area contributed by atoms with Crippen LogP contribution in [0.1, 0.15) is 31.9 Å². The molecule has 0 aliphatic rings. The van der Waals surface area contributed by atoms with E-state index >= 15 is 0 Å².